The largest absolute Gasteiger partial charge is 0.394 e. The molecule has 3 atom stereocenters. The quantitative estimate of drug-likeness (QED) is 0.882. The highest BCUT2D eigenvalue weighted by atomic mass is 32.1. The molecule has 2 heterocycles. The Balaban J connectivity index is 2.21. The van der Waals surface area contributed by atoms with Gasteiger partial charge in [0.25, 0.3) is 0 Å². The van der Waals surface area contributed by atoms with Crippen LogP contribution >= 0.6 is 11.3 Å². The molecule has 0 bridgehead atoms. The van der Waals surface area contributed by atoms with Crippen molar-refractivity contribution < 1.29 is 9.84 Å². The van der Waals surface area contributed by atoms with E-state index in [-0.39, 0.29) is 30.4 Å². The van der Waals surface area contributed by atoms with Crippen molar-refractivity contribution in [2.24, 2.45) is 5.73 Å². The van der Waals surface area contributed by atoms with Gasteiger partial charge in [0, 0.05) is 19.1 Å². The van der Waals surface area contributed by atoms with E-state index < -0.39 is 0 Å². The number of thiophene rings is 1. The van der Waals surface area contributed by atoms with Crippen molar-refractivity contribution >= 4 is 11.3 Å². The van der Waals surface area contributed by atoms with Crippen LogP contribution in [0.4, 0.5) is 0 Å². The van der Waals surface area contributed by atoms with Crippen LogP contribution in [-0.2, 0) is 4.74 Å². The second-order valence-electron chi connectivity index (χ2n) is 5.97. The van der Waals surface area contributed by atoms with Crippen LogP contribution in [0.15, 0.2) is 16.8 Å². The molecule has 3 unspecified atom stereocenters. The van der Waals surface area contributed by atoms with Crippen molar-refractivity contribution in [2.45, 2.75) is 44.6 Å². The molecule has 4 nitrogen and oxygen atoms in total. The van der Waals surface area contributed by atoms with E-state index in [1.165, 1.54) is 5.56 Å². The van der Waals surface area contributed by atoms with E-state index >= 15 is 0 Å². The third-order valence-electron chi connectivity index (χ3n) is 3.49. The normalized spacial score (nSPS) is 27.1. The first kappa shape index (κ1) is 14.9. The number of aliphatic hydroxyl groups is 1. The maximum Gasteiger partial charge on any atom is 0.0940 e. The second kappa shape index (κ2) is 5.89. The molecule has 1 fully saturated rings. The van der Waals surface area contributed by atoms with Gasteiger partial charge in [0.2, 0.25) is 0 Å². The fraction of sp³-hybridized carbons (Fsp3) is 0.714. The fourth-order valence-electron chi connectivity index (χ4n) is 2.94. The summed E-state index contributed by atoms with van der Waals surface area (Å²) in [6.07, 6.45) is -0.136. The van der Waals surface area contributed by atoms with Gasteiger partial charge < -0.3 is 15.6 Å². The first-order chi connectivity index (χ1) is 8.93. The van der Waals surface area contributed by atoms with E-state index in [2.05, 4.69) is 35.6 Å². The Hall–Kier alpha value is -0.460. The van der Waals surface area contributed by atoms with Crippen LogP contribution in [0.1, 0.15) is 32.4 Å². The third-order valence-corrected chi connectivity index (χ3v) is 4.19. The highest BCUT2D eigenvalue weighted by Gasteiger charge is 2.37. The molecule has 0 amide bonds. The smallest absolute Gasteiger partial charge is 0.0940 e. The maximum absolute atomic E-state index is 9.41. The summed E-state index contributed by atoms with van der Waals surface area (Å²) in [5, 5.41) is 13.7. The van der Waals surface area contributed by atoms with Crippen molar-refractivity contribution in [2.75, 3.05) is 19.7 Å². The summed E-state index contributed by atoms with van der Waals surface area (Å²) < 4.78 is 5.87. The topological polar surface area (TPSA) is 58.7 Å². The van der Waals surface area contributed by atoms with E-state index in [0.29, 0.717) is 0 Å². The molecule has 0 aromatic carbocycles. The Morgan fingerprint density at radius 1 is 1.63 bits per heavy atom. The molecule has 1 aromatic heterocycles. The van der Waals surface area contributed by atoms with Crippen LogP contribution in [-0.4, -0.2) is 47.4 Å². The highest BCUT2D eigenvalue weighted by Crippen LogP contribution is 2.31. The lowest BCUT2D eigenvalue weighted by Crippen LogP contribution is -2.56. The van der Waals surface area contributed by atoms with Crippen molar-refractivity contribution in [1.29, 1.82) is 0 Å². The van der Waals surface area contributed by atoms with Gasteiger partial charge >= 0.3 is 0 Å². The van der Waals surface area contributed by atoms with Gasteiger partial charge in [0.05, 0.1) is 24.4 Å². The lowest BCUT2D eigenvalue weighted by molar-refractivity contribution is -0.158. The average Bonchev–Trinajstić information content (AvgIpc) is 2.80. The van der Waals surface area contributed by atoms with E-state index in [1.54, 1.807) is 11.3 Å². The van der Waals surface area contributed by atoms with Crippen LogP contribution in [0.5, 0.6) is 0 Å². The highest BCUT2D eigenvalue weighted by molar-refractivity contribution is 7.07. The minimum absolute atomic E-state index is 0.0443. The van der Waals surface area contributed by atoms with E-state index in [1.807, 2.05) is 6.92 Å². The second-order valence-corrected chi connectivity index (χ2v) is 6.75. The first-order valence-corrected chi connectivity index (χ1v) is 7.67. The van der Waals surface area contributed by atoms with Crippen molar-refractivity contribution in [3.8, 4) is 0 Å². The average molecular weight is 284 g/mol. The maximum atomic E-state index is 9.41. The lowest BCUT2D eigenvalue weighted by atomic mass is 9.97. The van der Waals surface area contributed by atoms with Crippen LogP contribution in [0.3, 0.4) is 0 Å². The van der Waals surface area contributed by atoms with Gasteiger partial charge in [-0.3, -0.25) is 4.90 Å². The third kappa shape index (κ3) is 3.55. The summed E-state index contributed by atoms with van der Waals surface area (Å²) in [5.41, 5.74) is 7.20. The molecule has 19 heavy (non-hydrogen) atoms. The molecule has 1 aliphatic rings. The molecular formula is C14H24N2O2S. The van der Waals surface area contributed by atoms with Crippen LogP contribution < -0.4 is 5.73 Å². The summed E-state index contributed by atoms with van der Waals surface area (Å²) >= 11 is 1.69. The first-order valence-electron chi connectivity index (χ1n) is 6.73. The molecule has 1 aromatic rings. The fourth-order valence-corrected chi connectivity index (χ4v) is 3.63. The minimum Gasteiger partial charge on any atom is -0.394 e. The standard InChI is InChI=1S/C14H24N2O2S/c1-10(15)13(11-4-5-19-8-11)16-6-12(7-17)18-14(2,3)9-16/h4-5,8,10,12-13,17H,6-7,9,15H2,1-3H3. The summed E-state index contributed by atoms with van der Waals surface area (Å²) in [6, 6.07) is 2.36. The molecule has 3 N–H and O–H groups in total. The Morgan fingerprint density at radius 2 is 2.37 bits per heavy atom. The number of morpholine rings is 1. The summed E-state index contributed by atoms with van der Waals surface area (Å²) in [5.74, 6) is 0. The van der Waals surface area contributed by atoms with Gasteiger partial charge in [-0.1, -0.05) is 0 Å². The molecule has 0 aliphatic carbocycles. The Bertz CT molecular complexity index is 392. The summed E-state index contributed by atoms with van der Waals surface area (Å²) in [4.78, 5) is 2.34. The number of hydrogen-bond acceptors (Lipinski definition) is 5. The number of aliphatic hydroxyl groups excluding tert-OH is 1. The zero-order valence-corrected chi connectivity index (χ0v) is 12.7. The van der Waals surface area contributed by atoms with Crippen molar-refractivity contribution in [1.82, 2.24) is 4.90 Å². The molecule has 0 radical (unpaired) electrons. The zero-order valence-electron chi connectivity index (χ0n) is 11.9. The molecule has 5 heteroatoms. The predicted octanol–water partition coefficient (Wildman–Crippen LogP) is 1.61. The Labute approximate surface area is 119 Å². The molecule has 2 rings (SSSR count). The molecule has 108 valence electrons. The zero-order chi connectivity index (χ0) is 14.0. The monoisotopic (exact) mass is 284 g/mol. The van der Waals surface area contributed by atoms with Gasteiger partial charge in [-0.2, -0.15) is 11.3 Å². The molecule has 1 saturated heterocycles. The van der Waals surface area contributed by atoms with Crippen molar-refractivity contribution in [3.63, 3.8) is 0 Å². The van der Waals surface area contributed by atoms with Gasteiger partial charge in [-0.05, 0) is 43.2 Å². The number of hydrogen-bond donors (Lipinski definition) is 2. The molecular weight excluding hydrogens is 260 g/mol. The Morgan fingerprint density at radius 3 is 2.89 bits per heavy atom. The number of nitrogens with zero attached hydrogens (tertiary/aromatic N) is 1. The van der Waals surface area contributed by atoms with Gasteiger partial charge in [-0.25, -0.2) is 0 Å². The van der Waals surface area contributed by atoms with Crippen LogP contribution in [0, 0.1) is 0 Å². The molecule has 0 saturated carbocycles. The molecule has 0 spiro atoms. The van der Waals surface area contributed by atoms with Crippen LogP contribution in [0.25, 0.3) is 0 Å². The summed E-state index contributed by atoms with van der Waals surface area (Å²) in [6.45, 7) is 7.77. The predicted molar refractivity (Wildman–Crippen MR) is 78.3 cm³/mol. The van der Waals surface area contributed by atoms with Crippen LogP contribution in [0.2, 0.25) is 0 Å². The molecule has 1 aliphatic heterocycles. The number of nitrogens with two attached hydrogens (primary N) is 1. The van der Waals surface area contributed by atoms with E-state index in [4.69, 9.17) is 10.5 Å². The number of rotatable bonds is 4. The summed E-state index contributed by atoms with van der Waals surface area (Å²) in [7, 11) is 0. The van der Waals surface area contributed by atoms with E-state index in [9.17, 15) is 5.11 Å². The SMILES string of the molecule is CC(N)C(c1ccsc1)N1CC(CO)OC(C)(C)C1. The minimum atomic E-state index is -0.255. The Kier molecular flexibility index (Phi) is 4.63. The van der Waals surface area contributed by atoms with Crippen molar-refractivity contribution in [3.05, 3.63) is 22.4 Å². The number of ether oxygens (including phenoxy) is 1. The van der Waals surface area contributed by atoms with Gasteiger partial charge in [-0.15, -0.1) is 0 Å². The van der Waals surface area contributed by atoms with Gasteiger partial charge in [0.15, 0.2) is 0 Å². The lowest BCUT2D eigenvalue weighted by Gasteiger charge is -2.46. The van der Waals surface area contributed by atoms with Gasteiger partial charge in [0.1, 0.15) is 0 Å². The van der Waals surface area contributed by atoms with E-state index in [0.717, 1.165) is 13.1 Å².